The van der Waals surface area contributed by atoms with Crippen molar-refractivity contribution < 1.29 is 46.3 Å². The summed E-state index contributed by atoms with van der Waals surface area (Å²) in [6.07, 6.45) is -1.36. The van der Waals surface area contributed by atoms with E-state index in [1.807, 2.05) is 0 Å². The molecule has 2 aromatic carbocycles. The van der Waals surface area contributed by atoms with Crippen molar-refractivity contribution in [2.24, 2.45) is 0 Å². The summed E-state index contributed by atoms with van der Waals surface area (Å²) in [6.45, 7) is 3.80. The molecule has 0 saturated carbocycles. The van der Waals surface area contributed by atoms with Crippen LogP contribution >= 0.6 is 12.2 Å². The average Bonchev–Trinajstić information content (AvgIpc) is 3.52. The van der Waals surface area contributed by atoms with Gasteiger partial charge in [0.1, 0.15) is 17.1 Å². The van der Waals surface area contributed by atoms with Crippen molar-refractivity contribution in [1.82, 2.24) is 20.5 Å². The van der Waals surface area contributed by atoms with E-state index in [0.29, 0.717) is 60.7 Å². The highest BCUT2D eigenvalue weighted by Gasteiger charge is 2.52. The zero-order valence-electron chi connectivity index (χ0n) is 31.2. The van der Waals surface area contributed by atoms with Crippen LogP contribution in [0.1, 0.15) is 89.9 Å². The molecule has 19 heteroatoms. The molecule has 3 aliphatic heterocycles. The number of amides is 6. The van der Waals surface area contributed by atoms with Gasteiger partial charge >= 0.3 is 6.18 Å². The number of hydrogen-bond donors (Lipinski definition) is 3. The summed E-state index contributed by atoms with van der Waals surface area (Å²) in [7, 11) is 0. The summed E-state index contributed by atoms with van der Waals surface area (Å²) in [5.74, 6) is -5.08. The van der Waals surface area contributed by atoms with Crippen LogP contribution in [0.3, 0.4) is 0 Å². The zero-order valence-corrected chi connectivity index (χ0v) is 32.0. The van der Waals surface area contributed by atoms with Gasteiger partial charge in [-0.2, -0.15) is 18.4 Å². The second kappa shape index (κ2) is 16.3. The number of piperidine rings is 1. The van der Waals surface area contributed by atoms with E-state index in [-0.39, 0.29) is 41.4 Å². The number of nitrogens with zero attached hydrogens (tertiary/aromatic N) is 5. The summed E-state index contributed by atoms with van der Waals surface area (Å²) in [5.41, 5.74) is -3.15. The lowest BCUT2D eigenvalue weighted by atomic mass is 10.0. The molecule has 6 rings (SSSR count). The van der Waals surface area contributed by atoms with Crippen LogP contribution in [0.25, 0.3) is 0 Å². The lowest BCUT2D eigenvalue weighted by Gasteiger charge is -2.29. The lowest BCUT2D eigenvalue weighted by Crippen LogP contribution is -2.54. The molecule has 3 aromatic rings. The second-order valence-electron chi connectivity index (χ2n) is 14.3. The predicted molar refractivity (Wildman–Crippen MR) is 204 cm³/mol. The van der Waals surface area contributed by atoms with Gasteiger partial charge in [0.2, 0.25) is 17.7 Å². The van der Waals surface area contributed by atoms with Gasteiger partial charge in [-0.3, -0.25) is 48.9 Å². The summed E-state index contributed by atoms with van der Waals surface area (Å²) < 4.78 is 56.3. The smallest absolute Gasteiger partial charge is 0.384 e. The number of aromatic nitrogens is 1. The van der Waals surface area contributed by atoms with Crippen LogP contribution in [0.15, 0.2) is 48.7 Å². The van der Waals surface area contributed by atoms with E-state index in [4.69, 9.17) is 17.5 Å². The van der Waals surface area contributed by atoms with Gasteiger partial charge in [-0.25, -0.2) is 4.39 Å². The molecule has 3 aliphatic rings. The van der Waals surface area contributed by atoms with Gasteiger partial charge in [-0.15, -0.1) is 0 Å². The topological polar surface area (TPSA) is 185 Å². The van der Waals surface area contributed by atoms with Gasteiger partial charge in [0.05, 0.1) is 40.3 Å². The van der Waals surface area contributed by atoms with E-state index in [1.54, 1.807) is 24.3 Å². The number of imide groups is 2. The molecule has 0 spiro atoms. The number of halogens is 4. The molecular formula is C39H36F4N8O6S. The number of nitrogens with one attached hydrogen (secondary N) is 3. The largest absolute Gasteiger partial charge is 0.420 e. The number of anilines is 3. The first-order valence-electron chi connectivity index (χ1n) is 18.3. The fraction of sp³-hybridized carbons (Fsp3) is 0.359. The number of fused-ring (bicyclic) bond motifs is 1. The van der Waals surface area contributed by atoms with Gasteiger partial charge in [-0.05, 0) is 94.6 Å². The molecule has 14 nitrogen and oxygen atoms in total. The second-order valence-corrected chi connectivity index (χ2v) is 14.6. The first-order chi connectivity index (χ1) is 27.5. The monoisotopic (exact) mass is 820 g/mol. The van der Waals surface area contributed by atoms with Crippen molar-refractivity contribution in [2.75, 3.05) is 28.2 Å². The van der Waals surface area contributed by atoms with Gasteiger partial charge in [0.15, 0.2) is 10.9 Å². The van der Waals surface area contributed by atoms with Gasteiger partial charge in [0.25, 0.3) is 17.7 Å². The third-order valence-corrected chi connectivity index (χ3v) is 10.4. The molecular weight excluding hydrogens is 785 g/mol. The van der Waals surface area contributed by atoms with Crippen LogP contribution in [0.5, 0.6) is 0 Å². The molecule has 0 bridgehead atoms. The molecule has 0 radical (unpaired) electrons. The Kier molecular flexibility index (Phi) is 11.6. The minimum atomic E-state index is -5.20. The molecule has 4 heterocycles. The summed E-state index contributed by atoms with van der Waals surface area (Å²) in [6, 6.07) is 10.1. The molecule has 58 heavy (non-hydrogen) atoms. The van der Waals surface area contributed by atoms with Crippen LogP contribution < -0.4 is 25.8 Å². The standard InChI is InChI=1S/C39H36F4N8O6S/c1-38(2)36(57)50(26-14-11-21(19-44)31(32(26)40)39(41,42)43)37(58)51(38)23-13-12-22(47-20-23)7-5-10-28(52)46-18-4-3-17-45-25-9-6-8-24-30(25)35(56)49(34(24)55)27-15-16-29(53)48-33(27)54/h6,8-9,11-14,20,27,45H,3-5,7,10,15-18H2,1-2H3,(H,46,52)(H,48,53,54). The number of aryl methyl sites for hydroxylation is 1. The number of pyridine rings is 1. The molecule has 1 atom stereocenters. The Morgan fingerprint density at radius 1 is 1.03 bits per heavy atom. The number of nitriles is 1. The van der Waals surface area contributed by atoms with Crippen molar-refractivity contribution in [3.8, 4) is 6.07 Å². The van der Waals surface area contributed by atoms with Crippen LogP contribution in [0.4, 0.5) is 34.6 Å². The quantitative estimate of drug-likeness (QED) is 0.0935. The number of alkyl halides is 3. The maximum Gasteiger partial charge on any atom is 0.420 e. The number of rotatable bonds is 13. The molecule has 1 unspecified atom stereocenters. The minimum absolute atomic E-state index is 0.0231. The Morgan fingerprint density at radius 3 is 2.45 bits per heavy atom. The highest BCUT2D eigenvalue weighted by Crippen LogP contribution is 2.42. The summed E-state index contributed by atoms with van der Waals surface area (Å²) in [4.78, 5) is 83.5. The highest BCUT2D eigenvalue weighted by molar-refractivity contribution is 7.81. The first-order valence-corrected chi connectivity index (χ1v) is 18.7. The highest BCUT2D eigenvalue weighted by atomic mass is 32.1. The number of carbonyl (C=O) groups excluding carboxylic acids is 6. The van der Waals surface area contributed by atoms with Crippen molar-refractivity contribution in [1.29, 1.82) is 5.26 Å². The summed E-state index contributed by atoms with van der Waals surface area (Å²) >= 11 is 5.48. The van der Waals surface area contributed by atoms with E-state index < -0.39 is 69.9 Å². The third kappa shape index (κ3) is 7.83. The van der Waals surface area contributed by atoms with E-state index >= 15 is 4.39 Å². The Bertz CT molecular complexity index is 2280. The van der Waals surface area contributed by atoms with E-state index in [0.717, 1.165) is 17.0 Å². The normalized spacial score (nSPS) is 17.7. The predicted octanol–water partition coefficient (Wildman–Crippen LogP) is 4.76. The van der Waals surface area contributed by atoms with E-state index in [2.05, 4.69) is 20.9 Å². The van der Waals surface area contributed by atoms with E-state index in [1.165, 1.54) is 37.1 Å². The first kappa shape index (κ1) is 41.3. The molecule has 2 saturated heterocycles. The number of carbonyl (C=O) groups is 6. The minimum Gasteiger partial charge on any atom is -0.384 e. The van der Waals surface area contributed by atoms with Crippen LogP contribution in [0, 0.1) is 17.1 Å². The SMILES string of the molecule is CC1(C)C(=O)N(c2ccc(C#N)c(C(F)(F)F)c2F)C(=S)N1c1ccc(CCCC(=O)NCCCCNc2cccc3c2C(=O)N(C2CCC(=O)NC2=O)C3=O)nc1. The van der Waals surface area contributed by atoms with Crippen molar-refractivity contribution in [2.45, 2.75) is 76.6 Å². The van der Waals surface area contributed by atoms with E-state index in [9.17, 15) is 41.9 Å². The van der Waals surface area contributed by atoms with Crippen LogP contribution in [0.2, 0.25) is 0 Å². The summed E-state index contributed by atoms with van der Waals surface area (Å²) in [5, 5.41) is 17.0. The molecule has 302 valence electrons. The zero-order chi connectivity index (χ0) is 42.1. The van der Waals surface area contributed by atoms with Gasteiger partial charge in [0, 0.05) is 37.3 Å². The Labute approximate surface area is 334 Å². The number of thiocarbonyl (C=S) groups is 1. The Hall–Kier alpha value is -6.29. The van der Waals surface area contributed by atoms with Crippen molar-refractivity contribution >= 4 is 69.8 Å². The maximum atomic E-state index is 15.3. The molecule has 2 fully saturated rings. The molecule has 6 amide bonds. The molecule has 1 aromatic heterocycles. The third-order valence-electron chi connectivity index (χ3n) is 10.0. The maximum absolute atomic E-state index is 15.3. The average molecular weight is 821 g/mol. The fourth-order valence-corrected chi connectivity index (χ4v) is 7.64. The molecule has 3 N–H and O–H groups in total. The van der Waals surface area contributed by atoms with Gasteiger partial charge in [-0.1, -0.05) is 6.07 Å². The van der Waals surface area contributed by atoms with Gasteiger partial charge < -0.3 is 15.5 Å². The number of hydrogen-bond acceptors (Lipinski definition) is 10. The number of unbranched alkanes of at least 4 members (excludes halogenated alkanes) is 1. The fourth-order valence-electron chi connectivity index (χ4n) is 7.13. The van der Waals surface area contributed by atoms with Crippen LogP contribution in [-0.4, -0.2) is 75.1 Å². The Balaban J connectivity index is 0.953. The number of benzene rings is 2. The Morgan fingerprint density at radius 2 is 1.78 bits per heavy atom. The molecule has 0 aliphatic carbocycles. The van der Waals surface area contributed by atoms with Crippen molar-refractivity contribution in [3.63, 3.8) is 0 Å². The van der Waals surface area contributed by atoms with Crippen LogP contribution in [-0.2, 0) is 31.8 Å². The lowest BCUT2D eigenvalue weighted by molar-refractivity contribution is -0.140. The van der Waals surface area contributed by atoms with Crippen molar-refractivity contribution in [3.05, 3.63) is 82.4 Å².